The fourth-order valence-electron chi connectivity index (χ4n) is 4.90. The predicted octanol–water partition coefficient (Wildman–Crippen LogP) is 0.973. The van der Waals surface area contributed by atoms with E-state index in [9.17, 15) is 18.8 Å². The van der Waals surface area contributed by atoms with Crippen LogP contribution in [0.4, 0.5) is 21.6 Å². The Labute approximate surface area is 263 Å². The number of anilines is 3. The van der Waals surface area contributed by atoms with Crippen molar-refractivity contribution in [2.45, 2.75) is 45.0 Å². The van der Waals surface area contributed by atoms with Crippen LogP contribution in [0.1, 0.15) is 47.7 Å². The molecule has 1 aliphatic carbocycles. The molecule has 3 aromatic rings. The van der Waals surface area contributed by atoms with E-state index in [1.165, 1.54) is 36.3 Å². The molecule has 0 bridgehead atoms. The molecule has 2 aliphatic rings. The van der Waals surface area contributed by atoms with Gasteiger partial charge in [0.1, 0.15) is 11.5 Å². The number of halogens is 1. The summed E-state index contributed by atoms with van der Waals surface area (Å²) in [5.41, 5.74) is -0.0978. The highest BCUT2D eigenvalue weighted by Gasteiger charge is 2.31. The van der Waals surface area contributed by atoms with Crippen LogP contribution in [0.5, 0.6) is 5.75 Å². The Hall–Kier alpha value is -4.55. The number of amides is 2. The molecular weight excluding hydrogens is 607 g/mol. The fourth-order valence-corrected chi connectivity index (χ4v) is 4.90. The van der Waals surface area contributed by atoms with Crippen LogP contribution in [0.3, 0.4) is 0 Å². The molecule has 2 unspecified atom stereocenters. The number of methoxy groups -OCH3 is 1. The summed E-state index contributed by atoms with van der Waals surface area (Å²) in [5.74, 6) is -2.44. The molecule has 2 aromatic heterocycles. The van der Waals surface area contributed by atoms with Crippen molar-refractivity contribution in [1.82, 2.24) is 30.2 Å². The number of ether oxygens (including phenoxy) is 2. The van der Waals surface area contributed by atoms with Crippen LogP contribution in [-0.4, -0.2) is 104 Å². The second kappa shape index (κ2) is 14.3. The lowest BCUT2D eigenvalue weighted by atomic mass is 10.1. The molecule has 0 spiro atoms. The largest absolute Gasteiger partial charge is 0.494 e. The highest BCUT2D eigenvalue weighted by atomic mass is 19.1. The number of hydrogen-bond donors (Lipinski definition) is 6. The van der Waals surface area contributed by atoms with E-state index in [0.717, 1.165) is 38.1 Å². The van der Waals surface area contributed by atoms with Crippen LogP contribution in [0.25, 0.3) is 11.3 Å². The van der Waals surface area contributed by atoms with Gasteiger partial charge in [-0.2, -0.15) is 5.10 Å². The molecule has 17 heteroatoms. The van der Waals surface area contributed by atoms with Crippen LogP contribution in [0.15, 0.2) is 24.3 Å². The first-order chi connectivity index (χ1) is 21.7. The maximum Gasteiger partial charge on any atom is 0.369 e. The second-order valence-electron chi connectivity index (χ2n) is 11.2. The quantitative estimate of drug-likeness (QED) is 0.142. The van der Waals surface area contributed by atoms with E-state index >= 15 is 0 Å². The first kappa shape index (κ1) is 34.3. The number of nitrogens with one attached hydrogen (secondary N) is 3. The minimum atomic E-state index is -3.56. The van der Waals surface area contributed by atoms with Crippen molar-refractivity contribution >= 4 is 35.3 Å². The standard InChI is InChI=1S/C22H22FN7O7.C7H15NO/c1-30-12(9-31)7-14(29-30)13-5-11(23)6-16(19(13)37-2)24-15-8-17(25-20(32)10-3-4-10)27-28-18(15)21(33)26-22(34,35)36;1-6-4-8(3)5-7(2)9-6/h5-10,34-36H,3-4H2,1-2H3,(H,26,33)(H2,24,25,27,32);6-7H,4-5H2,1-3H3. The molecule has 0 radical (unpaired) electrons. The Morgan fingerprint density at radius 3 is 2.28 bits per heavy atom. The van der Waals surface area contributed by atoms with Crippen LogP contribution >= 0.6 is 0 Å². The van der Waals surface area contributed by atoms with Crippen molar-refractivity contribution in [3.8, 4) is 17.0 Å². The third-order valence-electron chi connectivity index (χ3n) is 6.93. The molecule has 46 heavy (non-hydrogen) atoms. The topological polar surface area (TPSA) is 213 Å². The van der Waals surface area contributed by atoms with Gasteiger partial charge in [0, 0.05) is 43.8 Å². The zero-order chi connectivity index (χ0) is 33.8. The average molecular weight is 645 g/mol. The van der Waals surface area contributed by atoms with E-state index in [1.807, 2.05) is 0 Å². The highest BCUT2D eigenvalue weighted by Crippen LogP contribution is 2.39. The Bertz CT molecular complexity index is 1560. The van der Waals surface area contributed by atoms with Crippen LogP contribution in [-0.2, 0) is 16.6 Å². The van der Waals surface area contributed by atoms with Crippen molar-refractivity contribution < 1.29 is 43.6 Å². The molecule has 2 fully saturated rings. The number of benzene rings is 1. The van der Waals surface area contributed by atoms with Gasteiger partial charge >= 0.3 is 6.10 Å². The monoisotopic (exact) mass is 644 g/mol. The summed E-state index contributed by atoms with van der Waals surface area (Å²) in [6.45, 7) is 6.38. The molecule has 1 saturated heterocycles. The van der Waals surface area contributed by atoms with Gasteiger partial charge in [0.25, 0.3) is 5.91 Å². The van der Waals surface area contributed by atoms with E-state index in [4.69, 9.17) is 24.8 Å². The van der Waals surface area contributed by atoms with E-state index in [0.29, 0.717) is 18.5 Å². The van der Waals surface area contributed by atoms with E-state index in [1.54, 1.807) is 0 Å². The molecule has 6 N–H and O–H groups in total. The molecular formula is C29H37FN8O8. The summed E-state index contributed by atoms with van der Waals surface area (Å²) < 4.78 is 27.0. The lowest BCUT2D eigenvalue weighted by Gasteiger charge is -2.32. The molecule has 2 atom stereocenters. The van der Waals surface area contributed by atoms with Crippen molar-refractivity contribution in [3.05, 3.63) is 41.5 Å². The zero-order valence-corrected chi connectivity index (χ0v) is 25.9. The van der Waals surface area contributed by atoms with Crippen LogP contribution in [0, 0.1) is 11.7 Å². The van der Waals surface area contributed by atoms with Gasteiger partial charge in [0.15, 0.2) is 23.5 Å². The van der Waals surface area contributed by atoms with E-state index < -0.39 is 23.5 Å². The molecule has 1 aliphatic heterocycles. The summed E-state index contributed by atoms with van der Waals surface area (Å²) in [4.78, 5) is 38.3. The normalized spacial score (nSPS) is 18.2. The number of aromatic nitrogens is 4. The van der Waals surface area contributed by atoms with Gasteiger partial charge in [-0.15, -0.1) is 10.2 Å². The number of aryl methyl sites for hydroxylation is 1. The molecule has 1 aromatic carbocycles. The third kappa shape index (κ3) is 9.01. The third-order valence-corrected chi connectivity index (χ3v) is 6.93. The summed E-state index contributed by atoms with van der Waals surface area (Å²) in [6, 6.07) is 4.82. The highest BCUT2D eigenvalue weighted by molar-refractivity contribution is 6.00. The minimum absolute atomic E-state index is 0.0133. The smallest absolute Gasteiger partial charge is 0.369 e. The summed E-state index contributed by atoms with van der Waals surface area (Å²) in [6.07, 6.45) is -0.709. The minimum Gasteiger partial charge on any atom is -0.494 e. The Morgan fingerprint density at radius 1 is 1.07 bits per heavy atom. The van der Waals surface area contributed by atoms with Crippen LogP contribution in [0.2, 0.25) is 0 Å². The number of aliphatic hydroxyl groups is 3. The van der Waals surface area contributed by atoms with Crippen molar-refractivity contribution in [1.29, 1.82) is 0 Å². The first-order valence-electron chi connectivity index (χ1n) is 14.3. The van der Waals surface area contributed by atoms with Gasteiger partial charge < -0.3 is 40.3 Å². The predicted molar refractivity (Wildman–Crippen MR) is 162 cm³/mol. The summed E-state index contributed by atoms with van der Waals surface area (Å²) >= 11 is 0. The number of nitrogens with zero attached hydrogens (tertiary/aromatic N) is 5. The molecule has 2 amide bonds. The van der Waals surface area contributed by atoms with Gasteiger partial charge in [-0.3, -0.25) is 24.4 Å². The second-order valence-corrected chi connectivity index (χ2v) is 11.2. The fraction of sp³-hybridized carbons (Fsp3) is 0.448. The zero-order valence-electron chi connectivity index (χ0n) is 25.9. The molecule has 3 heterocycles. The maximum atomic E-state index is 14.7. The summed E-state index contributed by atoms with van der Waals surface area (Å²) in [5, 5.41) is 45.9. The molecule has 1 saturated carbocycles. The number of likely N-dealkylation sites (N-methyl/N-ethyl adjacent to an activating group) is 1. The number of aldehydes is 1. The van der Waals surface area contributed by atoms with Gasteiger partial charge in [-0.1, -0.05) is 0 Å². The maximum absolute atomic E-state index is 14.7. The number of morpholine rings is 1. The molecule has 248 valence electrons. The van der Waals surface area contributed by atoms with Gasteiger partial charge in [-0.25, -0.2) is 4.39 Å². The lowest BCUT2D eigenvalue weighted by Crippen LogP contribution is -2.48. The number of carbonyl (C=O) groups excluding carboxylic acids is 3. The lowest BCUT2D eigenvalue weighted by molar-refractivity contribution is -0.323. The molecule has 16 nitrogen and oxygen atoms in total. The van der Waals surface area contributed by atoms with Crippen molar-refractivity contribution in [2.75, 3.05) is 37.9 Å². The van der Waals surface area contributed by atoms with Crippen molar-refractivity contribution in [2.24, 2.45) is 13.0 Å². The SMILES string of the molecule is CC1CN(C)CC(C)O1.COc1c(Nc2cc(NC(=O)C3CC3)nnc2C(=O)NC(O)(O)O)cc(F)cc1-c1cc(C=O)n(C)n1. The van der Waals surface area contributed by atoms with E-state index in [2.05, 4.69) is 51.7 Å². The Balaban J connectivity index is 0.000000459. The van der Waals surface area contributed by atoms with Gasteiger partial charge in [0.2, 0.25) is 5.91 Å². The number of rotatable bonds is 9. The summed E-state index contributed by atoms with van der Waals surface area (Å²) in [7, 11) is 4.98. The van der Waals surface area contributed by atoms with Crippen LogP contribution < -0.4 is 20.7 Å². The van der Waals surface area contributed by atoms with Crippen molar-refractivity contribution in [3.63, 3.8) is 0 Å². The Morgan fingerprint density at radius 2 is 1.74 bits per heavy atom. The van der Waals surface area contributed by atoms with Gasteiger partial charge in [0.05, 0.1) is 36.4 Å². The average Bonchev–Trinajstić information content (AvgIpc) is 3.73. The van der Waals surface area contributed by atoms with Gasteiger partial charge in [-0.05, 0) is 45.9 Å². The Kier molecular flexibility index (Phi) is 10.6. The number of carbonyl (C=O) groups is 3. The van der Waals surface area contributed by atoms with E-state index in [-0.39, 0.29) is 51.7 Å². The number of hydrogen-bond acceptors (Lipinski definition) is 13. The molecule has 5 rings (SSSR count). The first-order valence-corrected chi connectivity index (χ1v) is 14.3.